The van der Waals surface area contributed by atoms with Gasteiger partial charge in [-0.1, -0.05) is 51.4 Å². The number of hydrogen-bond donors (Lipinski definition) is 1. The molecule has 5 rings (SSSR count). The summed E-state index contributed by atoms with van der Waals surface area (Å²) in [6, 6.07) is 16.6. The SMILES string of the molecule is Cc1cc(N2C(=O)C(O)=C(C(=O)c3cc4ccccc4o3)[C@@H]2c2ccc(Br)cc2)no1. The molecule has 0 unspecified atom stereocenters. The van der Waals surface area contributed by atoms with E-state index in [0.29, 0.717) is 16.9 Å². The molecule has 1 atom stereocenters. The molecule has 0 spiro atoms. The number of carbonyl (C=O) groups is 2. The van der Waals surface area contributed by atoms with Crippen molar-refractivity contribution in [2.75, 3.05) is 4.90 Å². The van der Waals surface area contributed by atoms with Crippen molar-refractivity contribution in [2.24, 2.45) is 0 Å². The smallest absolute Gasteiger partial charge is 0.295 e. The highest BCUT2D eigenvalue weighted by atomic mass is 79.9. The van der Waals surface area contributed by atoms with E-state index in [4.69, 9.17) is 8.94 Å². The molecule has 8 heteroatoms. The molecule has 1 aliphatic rings. The highest BCUT2D eigenvalue weighted by Gasteiger charge is 2.46. The summed E-state index contributed by atoms with van der Waals surface area (Å²) in [6.07, 6.45) is 0. The van der Waals surface area contributed by atoms with Crippen LogP contribution in [0.25, 0.3) is 11.0 Å². The van der Waals surface area contributed by atoms with E-state index in [1.54, 1.807) is 55.5 Å². The standard InChI is InChI=1S/C23H15BrN2O5/c1-12-10-18(25-31-12)26-20(13-6-8-15(24)9-7-13)19(22(28)23(26)29)21(27)17-11-14-4-2-3-5-16(14)30-17/h2-11,20,28H,1H3/t20-/m0/s1. The predicted octanol–water partition coefficient (Wildman–Crippen LogP) is 5.27. The number of benzene rings is 2. The number of nitrogens with zero attached hydrogens (tertiary/aromatic N) is 2. The van der Waals surface area contributed by atoms with E-state index in [0.717, 1.165) is 9.86 Å². The zero-order valence-corrected chi connectivity index (χ0v) is 17.8. The lowest BCUT2D eigenvalue weighted by Crippen LogP contribution is -2.31. The summed E-state index contributed by atoms with van der Waals surface area (Å²) in [6.45, 7) is 1.69. The summed E-state index contributed by atoms with van der Waals surface area (Å²) in [5.41, 5.74) is 1.09. The minimum Gasteiger partial charge on any atom is -0.503 e. The van der Waals surface area contributed by atoms with Gasteiger partial charge in [0.15, 0.2) is 17.3 Å². The van der Waals surface area contributed by atoms with E-state index in [2.05, 4.69) is 21.1 Å². The molecule has 0 bridgehead atoms. The summed E-state index contributed by atoms with van der Waals surface area (Å²) in [5.74, 6) is -1.21. The number of halogens is 1. The van der Waals surface area contributed by atoms with Crippen LogP contribution in [-0.2, 0) is 4.79 Å². The summed E-state index contributed by atoms with van der Waals surface area (Å²) in [4.78, 5) is 27.7. The number of aromatic nitrogens is 1. The van der Waals surface area contributed by atoms with Crippen LogP contribution in [0.3, 0.4) is 0 Å². The second kappa shape index (κ2) is 7.24. The first-order valence-electron chi connectivity index (χ1n) is 9.43. The van der Waals surface area contributed by atoms with Crippen LogP contribution in [0.4, 0.5) is 5.82 Å². The number of anilines is 1. The van der Waals surface area contributed by atoms with E-state index in [1.165, 1.54) is 4.90 Å². The summed E-state index contributed by atoms with van der Waals surface area (Å²) >= 11 is 3.39. The normalized spacial score (nSPS) is 16.5. The van der Waals surface area contributed by atoms with Crippen molar-refractivity contribution in [2.45, 2.75) is 13.0 Å². The van der Waals surface area contributed by atoms with E-state index in [9.17, 15) is 14.7 Å². The molecule has 2 aromatic carbocycles. The third-order valence-corrected chi connectivity index (χ3v) is 5.68. The number of hydrogen-bond acceptors (Lipinski definition) is 6. The number of rotatable bonds is 4. The molecule has 0 radical (unpaired) electrons. The number of carbonyl (C=O) groups excluding carboxylic acids is 2. The summed E-state index contributed by atoms with van der Waals surface area (Å²) in [5, 5.41) is 15.4. The Morgan fingerprint density at radius 1 is 1.13 bits per heavy atom. The van der Waals surface area contributed by atoms with Crippen LogP contribution >= 0.6 is 15.9 Å². The van der Waals surface area contributed by atoms with Crippen molar-refractivity contribution in [1.29, 1.82) is 0 Å². The third kappa shape index (κ3) is 3.16. The fourth-order valence-corrected chi connectivity index (χ4v) is 3.99. The van der Waals surface area contributed by atoms with Crippen LogP contribution in [0.2, 0.25) is 0 Å². The molecule has 1 N–H and O–H groups in total. The summed E-state index contributed by atoms with van der Waals surface area (Å²) in [7, 11) is 0. The lowest BCUT2D eigenvalue weighted by molar-refractivity contribution is -0.117. The first-order valence-corrected chi connectivity index (χ1v) is 10.2. The first-order chi connectivity index (χ1) is 14.9. The van der Waals surface area contributed by atoms with Gasteiger partial charge in [0.05, 0.1) is 11.6 Å². The van der Waals surface area contributed by atoms with Crippen LogP contribution in [0.1, 0.15) is 27.9 Å². The van der Waals surface area contributed by atoms with E-state index < -0.39 is 23.5 Å². The Hall–Kier alpha value is -3.65. The molecule has 1 amide bonds. The molecule has 31 heavy (non-hydrogen) atoms. The maximum absolute atomic E-state index is 13.5. The number of aryl methyl sites for hydroxylation is 1. The monoisotopic (exact) mass is 478 g/mol. The van der Waals surface area contributed by atoms with Gasteiger partial charge in [0.25, 0.3) is 5.91 Å². The van der Waals surface area contributed by atoms with Crippen LogP contribution in [0, 0.1) is 6.92 Å². The van der Waals surface area contributed by atoms with Gasteiger partial charge >= 0.3 is 0 Å². The van der Waals surface area contributed by atoms with Crippen molar-refractivity contribution in [3.63, 3.8) is 0 Å². The van der Waals surface area contributed by atoms with Gasteiger partial charge < -0.3 is 14.0 Å². The Balaban J connectivity index is 1.66. The molecule has 4 aromatic rings. The van der Waals surface area contributed by atoms with Crippen LogP contribution in [-0.4, -0.2) is 22.0 Å². The van der Waals surface area contributed by atoms with Crippen LogP contribution < -0.4 is 4.90 Å². The van der Waals surface area contributed by atoms with Crippen LogP contribution in [0.15, 0.2) is 85.4 Å². The van der Waals surface area contributed by atoms with Gasteiger partial charge in [-0.25, -0.2) is 0 Å². The van der Waals surface area contributed by atoms with Crippen molar-refractivity contribution in [3.05, 3.63) is 93.6 Å². The van der Waals surface area contributed by atoms with Crippen molar-refractivity contribution in [3.8, 4) is 0 Å². The van der Waals surface area contributed by atoms with Crippen molar-refractivity contribution < 1.29 is 23.6 Å². The van der Waals surface area contributed by atoms with Gasteiger partial charge in [0.2, 0.25) is 5.78 Å². The Kier molecular flexibility index (Phi) is 4.51. The second-order valence-corrected chi connectivity index (χ2v) is 8.08. The number of fused-ring (bicyclic) bond motifs is 1. The molecule has 0 saturated carbocycles. The predicted molar refractivity (Wildman–Crippen MR) is 116 cm³/mol. The number of amides is 1. The van der Waals surface area contributed by atoms with Gasteiger partial charge in [-0.15, -0.1) is 0 Å². The molecule has 2 aromatic heterocycles. The van der Waals surface area contributed by atoms with E-state index in [-0.39, 0.29) is 17.2 Å². The molecule has 0 fully saturated rings. The molecule has 154 valence electrons. The molecule has 7 nitrogen and oxygen atoms in total. The number of ketones is 1. The molecular formula is C23H15BrN2O5. The first kappa shape index (κ1) is 19.3. The van der Waals surface area contributed by atoms with Gasteiger partial charge in [0, 0.05) is 15.9 Å². The quantitative estimate of drug-likeness (QED) is 0.401. The minimum absolute atomic E-state index is 0.0378. The fourth-order valence-electron chi connectivity index (χ4n) is 3.73. The lowest BCUT2D eigenvalue weighted by Gasteiger charge is -2.24. The Morgan fingerprint density at radius 3 is 2.55 bits per heavy atom. The van der Waals surface area contributed by atoms with Crippen molar-refractivity contribution in [1.82, 2.24) is 5.16 Å². The number of aliphatic hydroxyl groups is 1. The maximum Gasteiger partial charge on any atom is 0.295 e. The summed E-state index contributed by atoms with van der Waals surface area (Å²) < 4.78 is 11.7. The maximum atomic E-state index is 13.5. The highest BCUT2D eigenvalue weighted by Crippen LogP contribution is 2.42. The molecular weight excluding hydrogens is 464 g/mol. The zero-order valence-electron chi connectivity index (χ0n) is 16.2. The average molecular weight is 479 g/mol. The van der Waals surface area contributed by atoms with Gasteiger partial charge in [-0.2, -0.15) is 0 Å². The lowest BCUT2D eigenvalue weighted by atomic mass is 9.95. The Labute approximate surface area is 184 Å². The zero-order chi connectivity index (χ0) is 21.7. The van der Waals surface area contributed by atoms with E-state index in [1.807, 2.05) is 12.1 Å². The molecule has 0 saturated heterocycles. The second-order valence-electron chi connectivity index (χ2n) is 7.16. The Bertz CT molecular complexity index is 1330. The average Bonchev–Trinajstić information content (AvgIpc) is 3.45. The largest absolute Gasteiger partial charge is 0.503 e. The van der Waals surface area contributed by atoms with Gasteiger partial charge in [-0.05, 0) is 36.8 Å². The number of para-hydroxylation sites is 1. The molecule has 3 heterocycles. The van der Waals surface area contributed by atoms with Crippen LogP contribution in [0.5, 0.6) is 0 Å². The molecule has 1 aliphatic heterocycles. The van der Waals surface area contributed by atoms with Gasteiger partial charge in [-0.3, -0.25) is 14.5 Å². The topological polar surface area (TPSA) is 96.8 Å². The number of aliphatic hydroxyl groups excluding tert-OH is 1. The third-order valence-electron chi connectivity index (χ3n) is 5.15. The molecule has 0 aliphatic carbocycles. The number of furan rings is 1. The Morgan fingerprint density at radius 2 is 1.87 bits per heavy atom. The van der Waals surface area contributed by atoms with Crippen molar-refractivity contribution >= 4 is 44.4 Å². The van der Waals surface area contributed by atoms with Gasteiger partial charge in [0.1, 0.15) is 11.3 Å². The number of Topliss-reactive ketones (excluding diaryl/α,β-unsaturated/α-hetero) is 1. The van der Waals surface area contributed by atoms with E-state index >= 15 is 0 Å². The minimum atomic E-state index is -0.897. The highest BCUT2D eigenvalue weighted by molar-refractivity contribution is 9.10. The fraction of sp³-hybridized carbons (Fsp3) is 0.0870.